The van der Waals surface area contributed by atoms with Crippen LogP contribution >= 0.6 is 0 Å². The van der Waals surface area contributed by atoms with E-state index >= 15 is 0 Å². The first-order valence-corrected chi connectivity index (χ1v) is 8.20. The van der Waals surface area contributed by atoms with E-state index < -0.39 is 5.60 Å². The van der Waals surface area contributed by atoms with Crippen LogP contribution in [0.4, 0.5) is 0 Å². The first-order valence-electron chi connectivity index (χ1n) is 8.20. The molecule has 2 N–H and O–H groups in total. The molecule has 1 amide bonds. The molecule has 0 bridgehead atoms. The largest absolute Gasteiger partial charge is 0.388 e. The van der Waals surface area contributed by atoms with Crippen molar-refractivity contribution in [2.75, 3.05) is 6.54 Å². The summed E-state index contributed by atoms with van der Waals surface area (Å²) in [6.45, 7) is 2.41. The van der Waals surface area contributed by atoms with E-state index in [9.17, 15) is 9.90 Å². The molecule has 116 valence electrons. The molecule has 3 heteroatoms. The van der Waals surface area contributed by atoms with Gasteiger partial charge >= 0.3 is 0 Å². The molecule has 3 nitrogen and oxygen atoms in total. The van der Waals surface area contributed by atoms with Crippen molar-refractivity contribution < 1.29 is 9.90 Å². The van der Waals surface area contributed by atoms with E-state index in [1.807, 2.05) is 37.3 Å². The molecule has 0 radical (unpaired) electrons. The number of nitrogens with one attached hydrogen (secondary N) is 1. The normalized spacial score (nSPS) is 19.5. The molecule has 1 saturated carbocycles. The molecule has 2 rings (SSSR count). The van der Waals surface area contributed by atoms with Gasteiger partial charge in [0.25, 0.3) is 0 Å². The van der Waals surface area contributed by atoms with Crippen molar-refractivity contribution in [1.29, 1.82) is 0 Å². The van der Waals surface area contributed by atoms with Crippen molar-refractivity contribution >= 4 is 5.91 Å². The maximum absolute atomic E-state index is 12.4. The van der Waals surface area contributed by atoms with Gasteiger partial charge in [0, 0.05) is 6.54 Å². The number of hydrogen-bond acceptors (Lipinski definition) is 2. The van der Waals surface area contributed by atoms with Gasteiger partial charge in [0.2, 0.25) is 5.91 Å². The Labute approximate surface area is 127 Å². The van der Waals surface area contributed by atoms with Crippen molar-refractivity contribution in [2.24, 2.45) is 0 Å². The SMILES string of the molecule is CCC(C(=O)NCC1(O)CCCCCC1)c1ccccc1. The lowest BCUT2D eigenvalue weighted by Crippen LogP contribution is -2.44. The fraction of sp³-hybridized carbons (Fsp3) is 0.611. The topological polar surface area (TPSA) is 49.3 Å². The van der Waals surface area contributed by atoms with Gasteiger partial charge in [0.05, 0.1) is 11.5 Å². The zero-order valence-corrected chi connectivity index (χ0v) is 13.0. The molecule has 0 saturated heterocycles. The third kappa shape index (κ3) is 4.57. The molecule has 1 atom stereocenters. The summed E-state index contributed by atoms with van der Waals surface area (Å²) < 4.78 is 0. The Kier molecular flexibility index (Phi) is 5.80. The minimum absolute atomic E-state index is 0.0290. The van der Waals surface area contributed by atoms with Crippen molar-refractivity contribution in [3.05, 3.63) is 35.9 Å². The van der Waals surface area contributed by atoms with E-state index in [2.05, 4.69) is 5.32 Å². The van der Waals surface area contributed by atoms with Gasteiger partial charge in [-0.15, -0.1) is 0 Å². The smallest absolute Gasteiger partial charge is 0.227 e. The fourth-order valence-electron chi connectivity index (χ4n) is 3.20. The predicted octanol–water partition coefficient (Wildman–Crippen LogP) is 3.38. The van der Waals surface area contributed by atoms with Gasteiger partial charge in [-0.25, -0.2) is 0 Å². The van der Waals surface area contributed by atoms with E-state index in [1.165, 1.54) is 12.8 Å². The molecule has 21 heavy (non-hydrogen) atoms. The van der Waals surface area contributed by atoms with Crippen LogP contribution in [0.15, 0.2) is 30.3 Å². The van der Waals surface area contributed by atoms with Crippen LogP contribution in [0.5, 0.6) is 0 Å². The first kappa shape index (κ1) is 16.0. The molecular weight excluding hydrogens is 262 g/mol. The number of benzene rings is 1. The predicted molar refractivity (Wildman–Crippen MR) is 85.1 cm³/mol. The highest BCUT2D eigenvalue weighted by Gasteiger charge is 2.29. The number of carbonyl (C=O) groups is 1. The molecule has 1 aliphatic rings. The van der Waals surface area contributed by atoms with E-state index in [-0.39, 0.29) is 11.8 Å². The number of rotatable bonds is 5. The highest BCUT2D eigenvalue weighted by Crippen LogP contribution is 2.27. The molecule has 0 aliphatic heterocycles. The van der Waals surface area contributed by atoms with Crippen LogP contribution < -0.4 is 5.32 Å². The van der Waals surface area contributed by atoms with Gasteiger partial charge in [-0.05, 0) is 24.8 Å². The van der Waals surface area contributed by atoms with Crippen LogP contribution in [-0.2, 0) is 4.79 Å². The van der Waals surface area contributed by atoms with E-state index in [4.69, 9.17) is 0 Å². The number of hydrogen-bond donors (Lipinski definition) is 2. The van der Waals surface area contributed by atoms with Crippen LogP contribution in [0.1, 0.15) is 63.4 Å². The van der Waals surface area contributed by atoms with Gasteiger partial charge in [-0.3, -0.25) is 4.79 Å². The summed E-state index contributed by atoms with van der Waals surface area (Å²) in [5, 5.41) is 13.6. The standard InChI is InChI=1S/C18H27NO2/c1-2-16(15-10-6-5-7-11-15)17(20)19-14-18(21)12-8-3-4-9-13-18/h5-7,10-11,16,21H,2-4,8-9,12-14H2,1H3,(H,19,20). The Morgan fingerprint density at radius 1 is 1.19 bits per heavy atom. The van der Waals surface area contributed by atoms with Crippen LogP contribution in [0.25, 0.3) is 0 Å². The molecule has 1 aliphatic carbocycles. The second kappa shape index (κ2) is 7.60. The van der Waals surface area contributed by atoms with E-state index in [1.54, 1.807) is 0 Å². The van der Waals surface area contributed by atoms with Gasteiger partial charge in [-0.1, -0.05) is 62.9 Å². The second-order valence-corrected chi connectivity index (χ2v) is 6.23. The molecule has 0 aromatic heterocycles. The molecular formula is C18H27NO2. The van der Waals surface area contributed by atoms with Crippen molar-refractivity contribution in [2.45, 2.75) is 63.4 Å². The lowest BCUT2D eigenvalue weighted by molar-refractivity contribution is -0.124. The van der Waals surface area contributed by atoms with E-state index in [0.717, 1.165) is 37.7 Å². The Morgan fingerprint density at radius 3 is 2.38 bits per heavy atom. The lowest BCUT2D eigenvalue weighted by Gasteiger charge is -2.28. The Morgan fingerprint density at radius 2 is 1.81 bits per heavy atom. The Hall–Kier alpha value is -1.35. The number of aliphatic hydroxyl groups is 1. The molecule has 1 unspecified atom stereocenters. The summed E-state index contributed by atoms with van der Waals surface area (Å²) in [7, 11) is 0. The summed E-state index contributed by atoms with van der Waals surface area (Å²) in [5.74, 6) is -0.0954. The van der Waals surface area contributed by atoms with Crippen LogP contribution in [0.3, 0.4) is 0 Å². The molecule has 0 spiro atoms. The van der Waals surface area contributed by atoms with Gasteiger partial charge in [0.1, 0.15) is 0 Å². The average molecular weight is 289 g/mol. The molecule has 0 heterocycles. The lowest BCUT2D eigenvalue weighted by atomic mass is 9.92. The van der Waals surface area contributed by atoms with Gasteiger partial charge < -0.3 is 10.4 Å². The summed E-state index contributed by atoms with van der Waals surface area (Å²) >= 11 is 0. The zero-order chi connectivity index (χ0) is 15.1. The summed E-state index contributed by atoms with van der Waals surface area (Å²) in [6.07, 6.45) is 6.87. The maximum Gasteiger partial charge on any atom is 0.227 e. The first-order chi connectivity index (χ1) is 10.1. The highest BCUT2D eigenvalue weighted by molar-refractivity contribution is 5.83. The fourth-order valence-corrected chi connectivity index (χ4v) is 3.20. The molecule has 1 aromatic carbocycles. The minimum Gasteiger partial charge on any atom is -0.388 e. The zero-order valence-electron chi connectivity index (χ0n) is 13.0. The average Bonchev–Trinajstić information content (AvgIpc) is 2.72. The van der Waals surface area contributed by atoms with Crippen molar-refractivity contribution in [3.8, 4) is 0 Å². The van der Waals surface area contributed by atoms with Crippen LogP contribution in [0, 0.1) is 0 Å². The highest BCUT2D eigenvalue weighted by atomic mass is 16.3. The van der Waals surface area contributed by atoms with Crippen molar-refractivity contribution in [1.82, 2.24) is 5.32 Å². The summed E-state index contributed by atoms with van der Waals surface area (Å²) in [6, 6.07) is 9.87. The number of carbonyl (C=O) groups excluding carboxylic acids is 1. The van der Waals surface area contributed by atoms with Crippen molar-refractivity contribution in [3.63, 3.8) is 0 Å². The summed E-state index contributed by atoms with van der Waals surface area (Å²) in [5.41, 5.74) is 0.339. The Balaban J connectivity index is 1.93. The van der Waals surface area contributed by atoms with Gasteiger partial charge in [0.15, 0.2) is 0 Å². The molecule has 1 aromatic rings. The van der Waals surface area contributed by atoms with Crippen LogP contribution in [-0.4, -0.2) is 23.2 Å². The summed E-state index contributed by atoms with van der Waals surface area (Å²) in [4.78, 5) is 12.4. The van der Waals surface area contributed by atoms with Crippen LogP contribution in [0.2, 0.25) is 0 Å². The van der Waals surface area contributed by atoms with E-state index in [0.29, 0.717) is 6.54 Å². The molecule has 1 fully saturated rings. The minimum atomic E-state index is -0.707. The quantitative estimate of drug-likeness (QED) is 0.816. The second-order valence-electron chi connectivity index (χ2n) is 6.23. The monoisotopic (exact) mass is 289 g/mol. The maximum atomic E-state index is 12.4. The Bertz CT molecular complexity index is 436. The third-order valence-corrected chi connectivity index (χ3v) is 4.55. The third-order valence-electron chi connectivity index (χ3n) is 4.55. The van der Waals surface area contributed by atoms with Gasteiger partial charge in [-0.2, -0.15) is 0 Å². The number of amides is 1.